The molecule has 1 aliphatic carbocycles. The van der Waals surface area contributed by atoms with E-state index in [9.17, 15) is 4.79 Å². The monoisotopic (exact) mass is 292 g/mol. The quantitative estimate of drug-likeness (QED) is 0.790. The molecular formula is C17H16N4O. The molecule has 5 heteroatoms. The second-order valence-corrected chi connectivity index (χ2v) is 5.70. The predicted molar refractivity (Wildman–Crippen MR) is 83.5 cm³/mol. The van der Waals surface area contributed by atoms with E-state index in [4.69, 9.17) is 0 Å². The summed E-state index contributed by atoms with van der Waals surface area (Å²) in [4.78, 5) is 14.6. The van der Waals surface area contributed by atoms with Gasteiger partial charge in [-0.15, -0.1) is 0 Å². The van der Waals surface area contributed by atoms with Crippen LogP contribution in [0.3, 0.4) is 0 Å². The highest BCUT2D eigenvalue weighted by Crippen LogP contribution is 2.35. The van der Waals surface area contributed by atoms with Gasteiger partial charge in [-0.1, -0.05) is 24.3 Å². The maximum absolute atomic E-state index is 12.8. The van der Waals surface area contributed by atoms with Gasteiger partial charge in [0, 0.05) is 12.6 Å². The lowest BCUT2D eigenvalue weighted by atomic mass is 10.1. The van der Waals surface area contributed by atoms with Crippen LogP contribution in [0, 0.1) is 0 Å². The van der Waals surface area contributed by atoms with Crippen molar-refractivity contribution in [1.29, 1.82) is 0 Å². The van der Waals surface area contributed by atoms with Crippen molar-refractivity contribution in [3.63, 3.8) is 0 Å². The molecular weight excluding hydrogens is 276 g/mol. The molecule has 1 heterocycles. The molecule has 0 bridgehead atoms. The molecule has 1 aromatic heterocycles. The van der Waals surface area contributed by atoms with Crippen LogP contribution in [0.15, 0.2) is 42.5 Å². The van der Waals surface area contributed by atoms with Crippen LogP contribution in [0.5, 0.6) is 0 Å². The standard InChI is InChI=1S/C17H16N4O/c1-21(16-9-7-11-4-2-3-5-13(11)16)17(22)12-6-8-14-15(10-12)19-20-18-14/h2-6,8,10,16H,7,9H2,1H3,(H,18,19,20). The Labute approximate surface area is 127 Å². The maximum atomic E-state index is 12.8. The first-order chi connectivity index (χ1) is 10.7. The minimum atomic E-state index is 0.0200. The summed E-state index contributed by atoms with van der Waals surface area (Å²) < 4.78 is 0. The van der Waals surface area contributed by atoms with E-state index in [0.29, 0.717) is 11.1 Å². The van der Waals surface area contributed by atoms with Crippen LogP contribution in [0.25, 0.3) is 11.0 Å². The molecule has 2 aromatic carbocycles. The number of nitrogens with one attached hydrogen (secondary N) is 1. The molecule has 0 saturated heterocycles. The zero-order valence-corrected chi connectivity index (χ0v) is 12.3. The summed E-state index contributed by atoms with van der Waals surface area (Å²) in [5, 5.41) is 10.6. The van der Waals surface area contributed by atoms with Crippen molar-refractivity contribution in [2.45, 2.75) is 18.9 Å². The smallest absolute Gasteiger partial charge is 0.254 e. The van der Waals surface area contributed by atoms with Crippen molar-refractivity contribution in [2.75, 3.05) is 7.05 Å². The molecule has 0 aliphatic heterocycles. The van der Waals surface area contributed by atoms with Gasteiger partial charge < -0.3 is 4.90 Å². The van der Waals surface area contributed by atoms with Crippen molar-refractivity contribution >= 4 is 16.9 Å². The highest BCUT2D eigenvalue weighted by atomic mass is 16.2. The molecule has 1 N–H and O–H groups in total. The topological polar surface area (TPSA) is 61.9 Å². The maximum Gasteiger partial charge on any atom is 0.254 e. The van der Waals surface area contributed by atoms with Gasteiger partial charge in [0.2, 0.25) is 0 Å². The van der Waals surface area contributed by atoms with E-state index >= 15 is 0 Å². The number of carbonyl (C=O) groups is 1. The summed E-state index contributed by atoms with van der Waals surface area (Å²) >= 11 is 0. The average Bonchev–Trinajstić information content (AvgIpc) is 3.19. The largest absolute Gasteiger partial charge is 0.335 e. The molecule has 110 valence electrons. The number of hydrogen-bond donors (Lipinski definition) is 1. The van der Waals surface area contributed by atoms with Crippen molar-refractivity contribution in [3.8, 4) is 0 Å². The number of H-pyrrole nitrogens is 1. The van der Waals surface area contributed by atoms with Gasteiger partial charge in [-0.25, -0.2) is 0 Å². The number of hydrogen-bond acceptors (Lipinski definition) is 3. The first kappa shape index (κ1) is 13.0. The van der Waals surface area contributed by atoms with Crippen molar-refractivity contribution in [3.05, 3.63) is 59.2 Å². The lowest BCUT2D eigenvalue weighted by molar-refractivity contribution is 0.0731. The van der Waals surface area contributed by atoms with Crippen LogP contribution in [-0.4, -0.2) is 33.3 Å². The first-order valence-corrected chi connectivity index (χ1v) is 7.39. The number of amides is 1. The van der Waals surface area contributed by atoms with Gasteiger partial charge in [0.25, 0.3) is 5.91 Å². The minimum Gasteiger partial charge on any atom is -0.335 e. The van der Waals surface area contributed by atoms with E-state index in [-0.39, 0.29) is 11.9 Å². The number of benzene rings is 2. The number of aromatic nitrogens is 3. The molecule has 0 spiro atoms. The number of aromatic amines is 1. The SMILES string of the molecule is CN(C(=O)c1ccc2n[nH]nc2c1)C1CCc2ccccc21. The second-order valence-electron chi connectivity index (χ2n) is 5.70. The summed E-state index contributed by atoms with van der Waals surface area (Å²) in [5.74, 6) is 0.0200. The second kappa shape index (κ2) is 4.94. The van der Waals surface area contributed by atoms with E-state index in [2.05, 4.69) is 33.6 Å². The predicted octanol–water partition coefficient (Wildman–Crippen LogP) is 2.72. The number of aryl methyl sites for hydroxylation is 1. The van der Waals surface area contributed by atoms with E-state index in [1.807, 2.05) is 30.1 Å². The molecule has 0 radical (unpaired) electrons. The van der Waals surface area contributed by atoms with E-state index < -0.39 is 0 Å². The molecule has 0 fully saturated rings. The Morgan fingerprint density at radius 2 is 2.00 bits per heavy atom. The van der Waals surface area contributed by atoms with Gasteiger partial charge in [0.05, 0.1) is 6.04 Å². The fourth-order valence-corrected chi connectivity index (χ4v) is 3.26. The van der Waals surface area contributed by atoms with Crippen LogP contribution in [0.4, 0.5) is 0 Å². The van der Waals surface area contributed by atoms with Gasteiger partial charge in [-0.3, -0.25) is 4.79 Å². The van der Waals surface area contributed by atoms with Gasteiger partial charge in [0.15, 0.2) is 0 Å². The third kappa shape index (κ3) is 1.97. The Bertz CT molecular complexity index is 854. The van der Waals surface area contributed by atoms with Crippen molar-refractivity contribution in [2.24, 2.45) is 0 Å². The van der Waals surface area contributed by atoms with E-state index in [1.165, 1.54) is 11.1 Å². The molecule has 1 amide bonds. The summed E-state index contributed by atoms with van der Waals surface area (Å²) in [6, 6.07) is 13.9. The summed E-state index contributed by atoms with van der Waals surface area (Å²) in [5.41, 5.74) is 4.74. The average molecular weight is 292 g/mol. The number of fused-ring (bicyclic) bond motifs is 2. The van der Waals surface area contributed by atoms with Crippen molar-refractivity contribution in [1.82, 2.24) is 20.3 Å². The van der Waals surface area contributed by atoms with Gasteiger partial charge in [-0.2, -0.15) is 15.4 Å². The van der Waals surface area contributed by atoms with Crippen LogP contribution in [0.1, 0.15) is 33.9 Å². The fraction of sp³-hybridized carbons (Fsp3) is 0.235. The van der Waals surface area contributed by atoms with E-state index in [1.54, 1.807) is 6.07 Å². The van der Waals surface area contributed by atoms with Crippen LogP contribution < -0.4 is 0 Å². The third-order valence-electron chi connectivity index (χ3n) is 4.45. The lowest BCUT2D eigenvalue weighted by Crippen LogP contribution is -2.30. The Morgan fingerprint density at radius 3 is 2.91 bits per heavy atom. The van der Waals surface area contributed by atoms with E-state index in [0.717, 1.165) is 18.4 Å². The lowest BCUT2D eigenvalue weighted by Gasteiger charge is -2.25. The molecule has 0 saturated carbocycles. The fourth-order valence-electron chi connectivity index (χ4n) is 3.26. The molecule has 22 heavy (non-hydrogen) atoms. The molecule has 5 nitrogen and oxygen atoms in total. The summed E-state index contributed by atoms with van der Waals surface area (Å²) in [6.45, 7) is 0. The third-order valence-corrected chi connectivity index (χ3v) is 4.45. The molecule has 3 aromatic rings. The Morgan fingerprint density at radius 1 is 1.18 bits per heavy atom. The number of carbonyl (C=O) groups excluding carboxylic acids is 1. The normalized spacial score (nSPS) is 16.7. The molecule has 1 aliphatic rings. The zero-order chi connectivity index (χ0) is 15.1. The Hall–Kier alpha value is -2.69. The van der Waals surface area contributed by atoms with Crippen LogP contribution in [-0.2, 0) is 6.42 Å². The highest BCUT2D eigenvalue weighted by Gasteiger charge is 2.28. The Balaban J connectivity index is 1.65. The first-order valence-electron chi connectivity index (χ1n) is 7.39. The van der Waals surface area contributed by atoms with Crippen LogP contribution >= 0.6 is 0 Å². The minimum absolute atomic E-state index is 0.0200. The number of nitrogens with zero attached hydrogens (tertiary/aromatic N) is 3. The summed E-state index contributed by atoms with van der Waals surface area (Å²) in [6.07, 6.45) is 2.01. The molecule has 1 unspecified atom stereocenters. The Kier molecular flexibility index (Phi) is 2.92. The van der Waals surface area contributed by atoms with Gasteiger partial charge in [0.1, 0.15) is 11.0 Å². The van der Waals surface area contributed by atoms with Crippen LogP contribution in [0.2, 0.25) is 0 Å². The van der Waals surface area contributed by atoms with Crippen molar-refractivity contribution < 1.29 is 4.79 Å². The van der Waals surface area contributed by atoms with Gasteiger partial charge >= 0.3 is 0 Å². The molecule has 1 atom stereocenters. The number of rotatable bonds is 2. The zero-order valence-electron chi connectivity index (χ0n) is 12.3. The summed E-state index contributed by atoms with van der Waals surface area (Å²) in [7, 11) is 1.88. The highest BCUT2D eigenvalue weighted by molar-refractivity contribution is 5.97. The van der Waals surface area contributed by atoms with Gasteiger partial charge in [-0.05, 0) is 42.2 Å². The molecule has 4 rings (SSSR count).